The number of nitrogens with zero attached hydrogens (tertiary/aromatic N) is 2. The highest BCUT2D eigenvalue weighted by atomic mass is 16.5. The van der Waals surface area contributed by atoms with E-state index in [0.717, 1.165) is 12.8 Å². The highest BCUT2D eigenvalue weighted by molar-refractivity contribution is 5.89. The molecule has 0 radical (unpaired) electrons. The fourth-order valence-corrected chi connectivity index (χ4v) is 3.25. The smallest absolute Gasteiger partial charge is 0.228 e. The lowest BCUT2D eigenvalue weighted by Gasteiger charge is -2.36. The first kappa shape index (κ1) is 12.9. The van der Waals surface area contributed by atoms with Crippen molar-refractivity contribution in [1.82, 2.24) is 9.80 Å². The molecular formula is C14H22N2O3. The van der Waals surface area contributed by atoms with E-state index in [1.54, 1.807) is 0 Å². The number of amides is 2. The minimum absolute atomic E-state index is 0.0874. The molecule has 3 fully saturated rings. The first-order valence-electron chi connectivity index (χ1n) is 7.28. The molecule has 3 unspecified atom stereocenters. The summed E-state index contributed by atoms with van der Waals surface area (Å²) in [7, 11) is 0. The third-order valence-corrected chi connectivity index (χ3v) is 4.23. The van der Waals surface area contributed by atoms with Gasteiger partial charge in [-0.1, -0.05) is 0 Å². The summed E-state index contributed by atoms with van der Waals surface area (Å²) in [6.07, 6.45) is 2.79. The molecule has 106 valence electrons. The van der Waals surface area contributed by atoms with Gasteiger partial charge in [-0.15, -0.1) is 0 Å². The molecule has 3 aliphatic rings. The van der Waals surface area contributed by atoms with Crippen molar-refractivity contribution in [2.75, 3.05) is 19.6 Å². The first-order chi connectivity index (χ1) is 9.04. The summed E-state index contributed by atoms with van der Waals surface area (Å²) in [6, 6.07) is 0.424. The van der Waals surface area contributed by atoms with Gasteiger partial charge in [0.1, 0.15) is 0 Å². The van der Waals surface area contributed by atoms with Crippen molar-refractivity contribution in [3.05, 3.63) is 0 Å². The van der Waals surface area contributed by atoms with Crippen molar-refractivity contribution >= 4 is 11.8 Å². The van der Waals surface area contributed by atoms with Crippen LogP contribution in [0.3, 0.4) is 0 Å². The average Bonchev–Trinajstić information content (AvgIpc) is 3.10. The van der Waals surface area contributed by atoms with Crippen molar-refractivity contribution in [2.45, 2.75) is 51.4 Å². The third-order valence-electron chi connectivity index (χ3n) is 4.23. The van der Waals surface area contributed by atoms with Crippen molar-refractivity contribution in [3.63, 3.8) is 0 Å². The number of carbonyl (C=O) groups is 2. The van der Waals surface area contributed by atoms with Gasteiger partial charge in [0.2, 0.25) is 11.8 Å². The molecule has 2 saturated heterocycles. The Bertz CT molecular complexity index is 384. The summed E-state index contributed by atoms with van der Waals surface area (Å²) < 4.78 is 5.65. The van der Waals surface area contributed by atoms with Crippen molar-refractivity contribution in [2.24, 2.45) is 5.92 Å². The van der Waals surface area contributed by atoms with E-state index in [-0.39, 0.29) is 29.9 Å². The maximum Gasteiger partial charge on any atom is 0.228 e. The highest BCUT2D eigenvalue weighted by Gasteiger charge is 2.43. The second-order valence-electron chi connectivity index (χ2n) is 6.18. The largest absolute Gasteiger partial charge is 0.372 e. The summed E-state index contributed by atoms with van der Waals surface area (Å²) in [5, 5.41) is 0. The number of carbonyl (C=O) groups excluding carboxylic acids is 2. The molecule has 1 aliphatic carbocycles. The highest BCUT2D eigenvalue weighted by Crippen LogP contribution is 2.33. The molecule has 19 heavy (non-hydrogen) atoms. The predicted octanol–water partition coefficient (Wildman–Crippen LogP) is 0.633. The zero-order chi connectivity index (χ0) is 13.6. The van der Waals surface area contributed by atoms with E-state index in [9.17, 15) is 9.59 Å². The van der Waals surface area contributed by atoms with Crippen molar-refractivity contribution in [3.8, 4) is 0 Å². The second-order valence-corrected chi connectivity index (χ2v) is 6.18. The van der Waals surface area contributed by atoms with Crippen LogP contribution in [0.15, 0.2) is 0 Å². The minimum Gasteiger partial charge on any atom is -0.372 e. The molecule has 0 spiro atoms. The molecule has 1 saturated carbocycles. The molecule has 2 heterocycles. The van der Waals surface area contributed by atoms with Gasteiger partial charge in [-0.2, -0.15) is 0 Å². The Morgan fingerprint density at radius 3 is 2.37 bits per heavy atom. The van der Waals surface area contributed by atoms with Crippen LogP contribution in [0.4, 0.5) is 0 Å². The Morgan fingerprint density at radius 2 is 1.79 bits per heavy atom. The molecule has 3 atom stereocenters. The van der Waals surface area contributed by atoms with E-state index in [2.05, 4.69) is 0 Å². The zero-order valence-corrected chi connectivity index (χ0v) is 11.7. The van der Waals surface area contributed by atoms with Crippen LogP contribution in [0.1, 0.15) is 33.1 Å². The Kier molecular flexibility index (Phi) is 3.25. The molecule has 2 amide bonds. The topological polar surface area (TPSA) is 49.9 Å². The van der Waals surface area contributed by atoms with E-state index in [0.29, 0.717) is 32.1 Å². The SMILES string of the molecule is CC1CN(C(=O)C2CC(=O)N(C3CC3)C2)CC(C)O1. The fourth-order valence-electron chi connectivity index (χ4n) is 3.25. The van der Waals surface area contributed by atoms with Crippen LogP contribution >= 0.6 is 0 Å². The van der Waals surface area contributed by atoms with Crippen LogP contribution in [0.2, 0.25) is 0 Å². The Balaban J connectivity index is 1.62. The maximum absolute atomic E-state index is 12.5. The molecule has 0 aromatic heterocycles. The van der Waals surface area contributed by atoms with Crippen LogP contribution in [-0.4, -0.2) is 59.5 Å². The quantitative estimate of drug-likeness (QED) is 0.737. The molecular weight excluding hydrogens is 244 g/mol. The van der Waals surface area contributed by atoms with E-state index >= 15 is 0 Å². The van der Waals surface area contributed by atoms with E-state index < -0.39 is 0 Å². The normalized spacial score (nSPS) is 35.9. The van der Waals surface area contributed by atoms with Gasteiger partial charge in [0.15, 0.2) is 0 Å². The van der Waals surface area contributed by atoms with E-state index in [1.807, 2.05) is 23.6 Å². The van der Waals surface area contributed by atoms with E-state index in [4.69, 9.17) is 4.74 Å². The lowest BCUT2D eigenvalue weighted by Crippen LogP contribution is -2.50. The average molecular weight is 266 g/mol. The van der Waals surface area contributed by atoms with Crippen LogP contribution in [-0.2, 0) is 14.3 Å². The molecule has 0 aromatic carbocycles. The Labute approximate surface area is 113 Å². The van der Waals surface area contributed by atoms with Crippen LogP contribution < -0.4 is 0 Å². The number of hydrogen-bond acceptors (Lipinski definition) is 3. The Morgan fingerprint density at radius 1 is 1.16 bits per heavy atom. The molecule has 0 N–H and O–H groups in total. The lowest BCUT2D eigenvalue weighted by atomic mass is 10.1. The Hall–Kier alpha value is -1.10. The minimum atomic E-state index is -0.134. The number of ether oxygens (including phenoxy) is 1. The zero-order valence-electron chi connectivity index (χ0n) is 11.7. The molecule has 5 heteroatoms. The fraction of sp³-hybridized carbons (Fsp3) is 0.857. The standard InChI is InChI=1S/C14H22N2O3/c1-9-6-15(7-10(2)19-9)14(18)11-5-13(17)16(8-11)12-3-4-12/h9-12H,3-8H2,1-2H3. The van der Waals surface area contributed by atoms with Crippen LogP contribution in [0.25, 0.3) is 0 Å². The van der Waals surface area contributed by atoms with Gasteiger partial charge in [-0.05, 0) is 26.7 Å². The first-order valence-corrected chi connectivity index (χ1v) is 7.28. The van der Waals surface area contributed by atoms with Gasteiger partial charge in [0.05, 0.1) is 18.1 Å². The molecule has 5 nitrogen and oxygen atoms in total. The number of likely N-dealkylation sites (tertiary alicyclic amines) is 1. The van der Waals surface area contributed by atoms with Gasteiger partial charge in [0.25, 0.3) is 0 Å². The summed E-state index contributed by atoms with van der Waals surface area (Å²) >= 11 is 0. The van der Waals surface area contributed by atoms with E-state index in [1.165, 1.54) is 0 Å². The summed E-state index contributed by atoms with van der Waals surface area (Å²) in [6.45, 7) is 5.91. The van der Waals surface area contributed by atoms with Gasteiger partial charge in [-0.25, -0.2) is 0 Å². The summed E-state index contributed by atoms with van der Waals surface area (Å²) in [5.41, 5.74) is 0. The third kappa shape index (κ3) is 2.61. The van der Waals surface area contributed by atoms with Gasteiger partial charge >= 0.3 is 0 Å². The summed E-state index contributed by atoms with van der Waals surface area (Å²) in [4.78, 5) is 28.2. The summed E-state index contributed by atoms with van der Waals surface area (Å²) in [5.74, 6) is 0.166. The number of hydrogen-bond donors (Lipinski definition) is 0. The second kappa shape index (κ2) is 4.78. The molecule has 3 rings (SSSR count). The predicted molar refractivity (Wildman–Crippen MR) is 69.4 cm³/mol. The maximum atomic E-state index is 12.5. The monoisotopic (exact) mass is 266 g/mol. The van der Waals surface area contributed by atoms with Crippen molar-refractivity contribution < 1.29 is 14.3 Å². The van der Waals surface area contributed by atoms with Crippen LogP contribution in [0, 0.1) is 5.92 Å². The van der Waals surface area contributed by atoms with Gasteiger partial charge in [-0.3, -0.25) is 9.59 Å². The van der Waals surface area contributed by atoms with Crippen molar-refractivity contribution in [1.29, 1.82) is 0 Å². The number of morpholine rings is 1. The van der Waals surface area contributed by atoms with Gasteiger partial charge in [0, 0.05) is 32.1 Å². The lowest BCUT2D eigenvalue weighted by molar-refractivity contribution is -0.147. The van der Waals surface area contributed by atoms with Gasteiger partial charge < -0.3 is 14.5 Å². The van der Waals surface area contributed by atoms with Crippen LogP contribution in [0.5, 0.6) is 0 Å². The molecule has 0 bridgehead atoms. The number of rotatable bonds is 2. The molecule has 2 aliphatic heterocycles. The molecule has 0 aromatic rings.